The highest BCUT2D eigenvalue weighted by Gasteiger charge is 2.22. The number of aryl methyl sites for hydroxylation is 1. The highest BCUT2D eigenvalue weighted by atomic mass is 32.1. The fraction of sp³-hybridized carbons (Fsp3) is 0.316. The fourth-order valence-electron chi connectivity index (χ4n) is 3.10. The number of amides is 1. The summed E-state index contributed by atoms with van der Waals surface area (Å²) in [6.45, 7) is 2.94. The summed E-state index contributed by atoms with van der Waals surface area (Å²) < 4.78 is 19.4. The van der Waals surface area contributed by atoms with E-state index in [-0.39, 0.29) is 11.7 Å². The first-order valence-corrected chi connectivity index (χ1v) is 9.70. The van der Waals surface area contributed by atoms with Gasteiger partial charge in [0.2, 0.25) is 5.91 Å². The number of carbonyl (C=O) groups excluding carboxylic acids is 1. The summed E-state index contributed by atoms with van der Waals surface area (Å²) in [5, 5.41) is 2.96. The molecule has 0 unspecified atom stereocenters. The van der Waals surface area contributed by atoms with Crippen molar-refractivity contribution in [2.24, 2.45) is 0 Å². The van der Waals surface area contributed by atoms with Crippen LogP contribution in [0.15, 0.2) is 46.5 Å². The molecule has 3 heterocycles. The van der Waals surface area contributed by atoms with Gasteiger partial charge in [0.1, 0.15) is 5.82 Å². The highest BCUT2D eigenvalue weighted by Crippen LogP contribution is 2.24. The van der Waals surface area contributed by atoms with Crippen molar-refractivity contribution in [1.82, 2.24) is 14.9 Å². The van der Waals surface area contributed by atoms with Gasteiger partial charge in [-0.1, -0.05) is 12.1 Å². The molecule has 4 rings (SSSR count). The molecule has 140 valence electrons. The summed E-state index contributed by atoms with van der Waals surface area (Å²) in [4.78, 5) is 25.0. The Bertz CT molecular complexity index is 904. The van der Waals surface area contributed by atoms with Gasteiger partial charge in [0, 0.05) is 50.6 Å². The lowest BCUT2D eigenvalue weighted by Crippen LogP contribution is -2.48. The molecule has 1 amide bonds. The Morgan fingerprint density at radius 1 is 1.19 bits per heavy atom. The lowest BCUT2D eigenvalue weighted by atomic mass is 10.2. The number of hydrogen-bond acceptors (Lipinski definition) is 6. The maximum atomic E-state index is 13.8. The van der Waals surface area contributed by atoms with Gasteiger partial charge in [-0.15, -0.1) is 11.3 Å². The summed E-state index contributed by atoms with van der Waals surface area (Å²) in [6.07, 6.45) is 4.03. The molecular weight excluding hydrogens is 367 g/mol. The number of benzene rings is 1. The number of carbonyl (C=O) groups is 1. The Labute approximate surface area is 160 Å². The predicted molar refractivity (Wildman–Crippen MR) is 101 cm³/mol. The van der Waals surface area contributed by atoms with Gasteiger partial charge in [-0.3, -0.25) is 4.79 Å². The standard InChI is InChI=1S/C19H19FN4O2S/c20-15-4-2-1-3-14(15)16-13-22-17(26-16)5-6-18(25)23-8-10-24(11-9-23)19-21-7-12-27-19/h1-4,7,12-13H,5-6,8-11H2. The number of piperazine rings is 1. The molecule has 0 bridgehead atoms. The second-order valence-corrected chi connectivity index (χ2v) is 7.15. The average molecular weight is 386 g/mol. The molecule has 0 radical (unpaired) electrons. The van der Waals surface area contributed by atoms with Gasteiger partial charge >= 0.3 is 0 Å². The van der Waals surface area contributed by atoms with Gasteiger partial charge < -0.3 is 14.2 Å². The average Bonchev–Trinajstić information content (AvgIpc) is 3.39. The van der Waals surface area contributed by atoms with Crippen molar-refractivity contribution in [2.45, 2.75) is 12.8 Å². The van der Waals surface area contributed by atoms with E-state index in [9.17, 15) is 9.18 Å². The van der Waals surface area contributed by atoms with E-state index < -0.39 is 0 Å². The molecule has 0 saturated carbocycles. The van der Waals surface area contributed by atoms with Crippen molar-refractivity contribution >= 4 is 22.4 Å². The van der Waals surface area contributed by atoms with Gasteiger partial charge in [0.25, 0.3) is 0 Å². The number of rotatable bonds is 5. The molecule has 1 fully saturated rings. The van der Waals surface area contributed by atoms with Crippen LogP contribution in [0.2, 0.25) is 0 Å². The van der Waals surface area contributed by atoms with E-state index >= 15 is 0 Å². The second kappa shape index (κ2) is 7.87. The summed E-state index contributed by atoms with van der Waals surface area (Å²) in [7, 11) is 0. The van der Waals surface area contributed by atoms with Crippen molar-refractivity contribution < 1.29 is 13.6 Å². The van der Waals surface area contributed by atoms with E-state index in [0.717, 1.165) is 18.2 Å². The molecule has 2 aromatic heterocycles. The van der Waals surface area contributed by atoms with Crippen molar-refractivity contribution in [3.63, 3.8) is 0 Å². The van der Waals surface area contributed by atoms with Gasteiger partial charge in [-0.25, -0.2) is 14.4 Å². The van der Waals surface area contributed by atoms with E-state index in [1.54, 1.807) is 35.7 Å². The number of anilines is 1. The maximum absolute atomic E-state index is 13.8. The van der Waals surface area contributed by atoms with Gasteiger partial charge in [-0.2, -0.15) is 0 Å². The SMILES string of the molecule is O=C(CCc1ncc(-c2ccccc2F)o1)N1CCN(c2nccs2)CC1. The minimum Gasteiger partial charge on any atom is -0.441 e. The zero-order chi connectivity index (χ0) is 18.6. The van der Waals surface area contributed by atoms with Gasteiger partial charge in [0.05, 0.1) is 11.8 Å². The number of aromatic nitrogens is 2. The van der Waals surface area contributed by atoms with E-state index in [4.69, 9.17) is 4.42 Å². The quantitative estimate of drug-likeness (QED) is 0.674. The van der Waals surface area contributed by atoms with E-state index in [1.807, 2.05) is 10.3 Å². The third-order valence-electron chi connectivity index (χ3n) is 4.57. The monoisotopic (exact) mass is 386 g/mol. The summed E-state index contributed by atoms with van der Waals surface area (Å²) >= 11 is 1.61. The Morgan fingerprint density at radius 3 is 2.74 bits per heavy atom. The third-order valence-corrected chi connectivity index (χ3v) is 5.40. The van der Waals surface area contributed by atoms with Crippen molar-refractivity contribution in [2.75, 3.05) is 31.1 Å². The molecular formula is C19H19FN4O2S. The van der Waals surface area contributed by atoms with Crippen LogP contribution in [0, 0.1) is 5.82 Å². The molecule has 0 spiro atoms. The van der Waals surface area contributed by atoms with Gasteiger partial charge in [0.15, 0.2) is 16.8 Å². The lowest BCUT2D eigenvalue weighted by Gasteiger charge is -2.34. The second-order valence-electron chi connectivity index (χ2n) is 6.28. The molecule has 27 heavy (non-hydrogen) atoms. The number of thiazole rings is 1. The van der Waals surface area contributed by atoms with Gasteiger partial charge in [-0.05, 0) is 12.1 Å². The molecule has 3 aromatic rings. The first kappa shape index (κ1) is 17.7. The van der Waals surface area contributed by atoms with Crippen LogP contribution in [-0.2, 0) is 11.2 Å². The molecule has 6 nitrogen and oxygen atoms in total. The third kappa shape index (κ3) is 4.00. The van der Waals surface area contributed by atoms with Crippen molar-refractivity contribution in [3.8, 4) is 11.3 Å². The van der Waals surface area contributed by atoms with E-state index in [2.05, 4.69) is 14.9 Å². The first-order valence-electron chi connectivity index (χ1n) is 8.82. The van der Waals surface area contributed by atoms with Crippen molar-refractivity contribution in [1.29, 1.82) is 0 Å². The number of hydrogen-bond donors (Lipinski definition) is 0. The van der Waals surface area contributed by atoms with Crippen LogP contribution < -0.4 is 4.90 Å². The molecule has 1 aromatic carbocycles. The van der Waals surface area contributed by atoms with E-state index in [0.29, 0.717) is 43.1 Å². The molecule has 1 aliphatic heterocycles. The number of nitrogens with zero attached hydrogens (tertiary/aromatic N) is 4. The molecule has 1 saturated heterocycles. The summed E-state index contributed by atoms with van der Waals surface area (Å²) in [5.41, 5.74) is 0.376. The maximum Gasteiger partial charge on any atom is 0.223 e. The smallest absolute Gasteiger partial charge is 0.223 e. The van der Waals surface area contributed by atoms with Crippen LogP contribution in [0.25, 0.3) is 11.3 Å². The van der Waals surface area contributed by atoms with Crippen molar-refractivity contribution in [3.05, 3.63) is 53.7 Å². The predicted octanol–water partition coefficient (Wildman–Crippen LogP) is 3.22. The normalized spacial score (nSPS) is 14.6. The molecule has 8 heteroatoms. The lowest BCUT2D eigenvalue weighted by molar-refractivity contribution is -0.131. The van der Waals surface area contributed by atoms with Crippen LogP contribution >= 0.6 is 11.3 Å². The Morgan fingerprint density at radius 2 is 2.00 bits per heavy atom. The molecule has 0 aliphatic carbocycles. The first-order chi connectivity index (χ1) is 13.2. The molecule has 1 aliphatic rings. The van der Waals surface area contributed by atoms with Crippen LogP contribution in [0.4, 0.5) is 9.52 Å². The zero-order valence-corrected chi connectivity index (χ0v) is 15.5. The van der Waals surface area contributed by atoms with E-state index in [1.165, 1.54) is 12.3 Å². The minimum absolute atomic E-state index is 0.0828. The number of oxazole rings is 1. The highest BCUT2D eigenvalue weighted by molar-refractivity contribution is 7.13. The Hall–Kier alpha value is -2.74. The minimum atomic E-state index is -0.352. The topological polar surface area (TPSA) is 62.5 Å². The molecule has 0 N–H and O–H groups in total. The summed E-state index contributed by atoms with van der Waals surface area (Å²) in [5.74, 6) is 0.560. The Balaban J connectivity index is 1.29. The van der Waals surface area contributed by atoms with Crippen LogP contribution in [0.3, 0.4) is 0 Å². The molecule has 0 atom stereocenters. The largest absolute Gasteiger partial charge is 0.441 e. The number of halogens is 1. The fourth-order valence-corrected chi connectivity index (χ4v) is 3.80. The Kier molecular flexibility index (Phi) is 5.15. The van der Waals surface area contributed by atoms with Crippen LogP contribution in [0.5, 0.6) is 0 Å². The summed E-state index contributed by atoms with van der Waals surface area (Å²) in [6, 6.07) is 6.40. The van der Waals surface area contributed by atoms with Crippen LogP contribution in [0.1, 0.15) is 12.3 Å². The van der Waals surface area contributed by atoms with Crippen LogP contribution in [-0.4, -0.2) is 47.0 Å². The zero-order valence-electron chi connectivity index (χ0n) is 14.7.